The normalized spacial score (nSPS) is 13.1. The van der Waals surface area contributed by atoms with Crippen LogP contribution in [-0.4, -0.2) is 18.2 Å². The number of thiazole rings is 1. The summed E-state index contributed by atoms with van der Waals surface area (Å²) < 4.78 is 12.1. The third-order valence-electron chi connectivity index (χ3n) is 3.90. The van der Waals surface area contributed by atoms with Crippen molar-refractivity contribution in [3.05, 3.63) is 63.5 Å². The van der Waals surface area contributed by atoms with Crippen LogP contribution in [0, 0.1) is 11.3 Å². The Bertz CT molecular complexity index is 1060. The molecule has 2 heterocycles. The van der Waals surface area contributed by atoms with Crippen LogP contribution in [0.1, 0.15) is 5.01 Å². The van der Waals surface area contributed by atoms with Crippen molar-refractivity contribution in [2.24, 2.45) is 0 Å². The van der Waals surface area contributed by atoms with Crippen LogP contribution in [0.4, 0.5) is 5.69 Å². The average Bonchev–Trinajstić information content (AvgIpc) is 3.18. The monoisotopic (exact) mass is 439 g/mol. The molecule has 0 fully saturated rings. The zero-order valence-electron chi connectivity index (χ0n) is 14.1. The molecule has 1 aliphatic heterocycles. The van der Waals surface area contributed by atoms with E-state index in [0.29, 0.717) is 29.5 Å². The van der Waals surface area contributed by atoms with Gasteiger partial charge in [-0.1, -0.05) is 28.1 Å². The van der Waals surface area contributed by atoms with E-state index in [2.05, 4.69) is 32.3 Å². The van der Waals surface area contributed by atoms with Crippen LogP contribution in [0.25, 0.3) is 16.8 Å². The molecule has 0 radical (unpaired) electrons. The number of hydrogen-bond donors (Lipinski definition) is 1. The highest BCUT2D eigenvalue weighted by Gasteiger charge is 2.12. The molecule has 0 spiro atoms. The molecule has 1 aliphatic rings. The second-order valence-electron chi connectivity index (χ2n) is 5.72. The molecular weight excluding hydrogens is 426 g/mol. The van der Waals surface area contributed by atoms with Crippen molar-refractivity contribution >= 4 is 38.5 Å². The smallest absolute Gasteiger partial charge is 0.163 e. The summed E-state index contributed by atoms with van der Waals surface area (Å²) in [5, 5.41) is 15.3. The van der Waals surface area contributed by atoms with Gasteiger partial charge in [0.2, 0.25) is 0 Å². The summed E-state index contributed by atoms with van der Waals surface area (Å²) in [4.78, 5) is 4.60. The number of nitrogens with zero attached hydrogens (tertiary/aromatic N) is 2. The third kappa shape index (κ3) is 3.97. The molecule has 1 N–H and O–H groups in total. The maximum absolute atomic E-state index is 9.53. The molecule has 0 unspecified atom stereocenters. The van der Waals surface area contributed by atoms with Gasteiger partial charge in [-0.15, -0.1) is 11.3 Å². The number of aromatic nitrogens is 1. The van der Waals surface area contributed by atoms with Gasteiger partial charge in [-0.2, -0.15) is 5.26 Å². The van der Waals surface area contributed by atoms with Crippen molar-refractivity contribution in [1.29, 1.82) is 5.26 Å². The number of allylic oxidation sites excluding steroid dienone is 1. The van der Waals surface area contributed by atoms with Gasteiger partial charge in [-0.3, -0.25) is 0 Å². The first-order valence-corrected chi connectivity index (χ1v) is 9.88. The van der Waals surface area contributed by atoms with Crippen molar-refractivity contribution in [3.8, 4) is 28.8 Å². The summed E-state index contributed by atoms with van der Waals surface area (Å²) in [6, 6.07) is 15.7. The summed E-state index contributed by atoms with van der Waals surface area (Å²) in [5.74, 6) is 1.43. The van der Waals surface area contributed by atoms with Gasteiger partial charge in [-0.05, 0) is 24.3 Å². The van der Waals surface area contributed by atoms with E-state index in [0.717, 1.165) is 27.2 Å². The molecule has 0 saturated heterocycles. The first-order valence-electron chi connectivity index (χ1n) is 8.21. The van der Waals surface area contributed by atoms with Gasteiger partial charge in [0.05, 0.1) is 5.69 Å². The first-order chi connectivity index (χ1) is 13.2. The van der Waals surface area contributed by atoms with E-state index in [9.17, 15) is 5.26 Å². The van der Waals surface area contributed by atoms with Gasteiger partial charge < -0.3 is 14.8 Å². The highest BCUT2D eigenvalue weighted by Crippen LogP contribution is 2.33. The van der Waals surface area contributed by atoms with Crippen LogP contribution in [0.15, 0.2) is 58.5 Å². The Hall–Kier alpha value is -2.82. The average molecular weight is 440 g/mol. The number of rotatable bonds is 4. The number of ether oxygens (including phenoxy) is 2. The van der Waals surface area contributed by atoms with Crippen molar-refractivity contribution in [2.45, 2.75) is 0 Å². The van der Waals surface area contributed by atoms with Gasteiger partial charge in [0, 0.05) is 33.4 Å². The summed E-state index contributed by atoms with van der Waals surface area (Å²) in [6.07, 6.45) is 1.66. The molecule has 0 saturated carbocycles. The van der Waals surface area contributed by atoms with Crippen LogP contribution < -0.4 is 14.8 Å². The number of hydrogen-bond acceptors (Lipinski definition) is 6. The Kier molecular flexibility index (Phi) is 5.10. The first kappa shape index (κ1) is 17.6. The number of nitriles is 1. The highest BCUT2D eigenvalue weighted by molar-refractivity contribution is 9.10. The van der Waals surface area contributed by atoms with Crippen molar-refractivity contribution < 1.29 is 9.47 Å². The molecule has 2 aromatic carbocycles. The number of halogens is 1. The van der Waals surface area contributed by atoms with Gasteiger partial charge in [0.15, 0.2) is 11.5 Å². The van der Waals surface area contributed by atoms with Gasteiger partial charge >= 0.3 is 0 Å². The second-order valence-corrected chi connectivity index (χ2v) is 7.49. The molecule has 27 heavy (non-hydrogen) atoms. The fourth-order valence-electron chi connectivity index (χ4n) is 2.61. The molecule has 134 valence electrons. The minimum absolute atomic E-state index is 0.469. The van der Waals surface area contributed by atoms with Crippen molar-refractivity contribution in [1.82, 2.24) is 4.98 Å². The molecule has 0 amide bonds. The standard InChI is InChI=1S/C20H14BrN3O2S/c21-15-3-1-2-13(8-15)17-12-27-20(24-17)14(10-22)11-23-16-4-5-18-19(9-16)26-7-6-25-18/h1-5,8-9,11-12,23H,6-7H2. The summed E-state index contributed by atoms with van der Waals surface area (Å²) >= 11 is 4.91. The van der Waals surface area contributed by atoms with Crippen LogP contribution in [-0.2, 0) is 0 Å². The lowest BCUT2D eigenvalue weighted by Gasteiger charge is -2.18. The molecule has 4 rings (SSSR count). The zero-order chi connectivity index (χ0) is 18.6. The maximum Gasteiger partial charge on any atom is 0.163 e. The lowest BCUT2D eigenvalue weighted by molar-refractivity contribution is 0.171. The Labute approximate surface area is 169 Å². The van der Waals surface area contributed by atoms with E-state index in [1.165, 1.54) is 11.3 Å². The molecule has 0 atom stereocenters. The van der Waals surface area contributed by atoms with Crippen LogP contribution in [0.5, 0.6) is 11.5 Å². The molecule has 7 heteroatoms. The van der Waals surface area contributed by atoms with E-state index in [1.807, 2.05) is 47.8 Å². The molecular formula is C20H14BrN3O2S. The fourth-order valence-corrected chi connectivity index (χ4v) is 3.80. The Morgan fingerprint density at radius 2 is 2.04 bits per heavy atom. The minimum atomic E-state index is 0.469. The number of benzene rings is 2. The Morgan fingerprint density at radius 3 is 2.85 bits per heavy atom. The van der Waals surface area contributed by atoms with E-state index in [4.69, 9.17) is 9.47 Å². The maximum atomic E-state index is 9.53. The topological polar surface area (TPSA) is 67.2 Å². The lowest BCUT2D eigenvalue weighted by Crippen LogP contribution is -2.15. The van der Waals surface area contributed by atoms with E-state index >= 15 is 0 Å². The number of nitrogens with one attached hydrogen (secondary N) is 1. The predicted octanol–water partition coefficient (Wildman–Crippen LogP) is 5.32. The van der Waals surface area contributed by atoms with Crippen molar-refractivity contribution in [3.63, 3.8) is 0 Å². The number of anilines is 1. The fraction of sp³-hybridized carbons (Fsp3) is 0.100. The summed E-state index contributed by atoms with van der Waals surface area (Å²) in [5.41, 5.74) is 3.13. The second kappa shape index (κ2) is 7.82. The Balaban J connectivity index is 1.55. The van der Waals surface area contributed by atoms with Crippen LogP contribution >= 0.6 is 27.3 Å². The largest absolute Gasteiger partial charge is 0.486 e. The SMILES string of the molecule is N#CC(=CNc1ccc2c(c1)OCCO2)c1nc(-c2cccc(Br)c2)cs1. The van der Waals surface area contributed by atoms with Gasteiger partial charge in [0.25, 0.3) is 0 Å². The molecule has 3 aromatic rings. The van der Waals surface area contributed by atoms with Crippen LogP contribution in [0.2, 0.25) is 0 Å². The predicted molar refractivity (Wildman–Crippen MR) is 110 cm³/mol. The summed E-state index contributed by atoms with van der Waals surface area (Å²) in [7, 11) is 0. The third-order valence-corrected chi connectivity index (χ3v) is 5.27. The Morgan fingerprint density at radius 1 is 1.19 bits per heavy atom. The molecule has 0 aliphatic carbocycles. The summed E-state index contributed by atoms with van der Waals surface area (Å²) in [6.45, 7) is 1.09. The molecule has 0 bridgehead atoms. The minimum Gasteiger partial charge on any atom is -0.486 e. The zero-order valence-corrected chi connectivity index (χ0v) is 16.5. The number of fused-ring (bicyclic) bond motifs is 1. The van der Waals surface area contributed by atoms with E-state index in [-0.39, 0.29) is 0 Å². The lowest BCUT2D eigenvalue weighted by atomic mass is 10.2. The van der Waals surface area contributed by atoms with Gasteiger partial charge in [-0.25, -0.2) is 4.98 Å². The highest BCUT2D eigenvalue weighted by atomic mass is 79.9. The van der Waals surface area contributed by atoms with Crippen molar-refractivity contribution in [2.75, 3.05) is 18.5 Å². The van der Waals surface area contributed by atoms with Gasteiger partial charge in [0.1, 0.15) is 29.9 Å². The molecule has 5 nitrogen and oxygen atoms in total. The molecule has 1 aromatic heterocycles. The van der Waals surface area contributed by atoms with Crippen LogP contribution in [0.3, 0.4) is 0 Å². The van der Waals surface area contributed by atoms with E-state index < -0.39 is 0 Å². The quantitative estimate of drug-likeness (QED) is 0.557. The van der Waals surface area contributed by atoms with E-state index in [1.54, 1.807) is 6.20 Å².